The van der Waals surface area contributed by atoms with Crippen LogP contribution in [0.5, 0.6) is 0 Å². The first-order valence-corrected chi connectivity index (χ1v) is 5.52. The highest BCUT2D eigenvalue weighted by Gasteiger charge is 2.19. The molecule has 0 aliphatic carbocycles. The Morgan fingerprint density at radius 3 is 2.81 bits per heavy atom. The molecule has 1 aromatic rings. The summed E-state index contributed by atoms with van der Waals surface area (Å²) >= 11 is 0. The topological polar surface area (TPSA) is 72.9 Å². The van der Waals surface area contributed by atoms with Crippen molar-refractivity contribution in [1.82, 2.24) is 15.1 Å². The minimum atomic E-state index is -0.162. The van der Waals surface area contributed by atoms with E-state index in [1.807, 2.05) is 13.8 Å². The molecule has 0 saturated carbocycles. The van der Waals surface area contributed by atoms with Gasteiger partial charge in [0.25, 0.3) is 0 Å². The quantitative estimate of drug-likeness (QED) is 0.788. The van der Waals surface area contributed by atoms with Gasteiger partial charge in [-0.15, -0.1) is 0 Å². The van der Waals surface area contributed by atoms with E-state index in [-0.39, 0.29) is 18.0 Å². The summed E-state index contributed by atoms with van der Waals surface area (Å²) in [6.45, 7) is 6.35. The van der Waals surface area contributed by atoms with Crippen molar-refractivity contribution in [2.24, 2.45) is 0 Å². The molecule has 0 aromatic carbocycles. The van der Waals surface area contributed by atoms with Gasteiger partial charge in [-0.05, 0) is 20.3 Å². The monoisotopic (exact) mass is 224 g/mol. The van der Waals surface area contributed by atoms with E-state index in [1.165, 1.54) is 10.9 Å². The lowest BCUT2D eigenvalue weighted by Gasteiger charge is -2.25. The van der Waals surface area contributed by atoms with Crippen molar-refractivity contribution in [3.63, 3.8) is 0 Å². The molecule has 5 nitrogen and oxygen atoms in total. The van der Waals surface area contributed by atoms with Gasteiger partial charge in [0.15, 0.2) is 0 Å². The zero-order valence-electron chi connectivity index (χ0n) is 10.2. The summed E-state index contributed by atoms with van der Waals surface area (Å²) in [7, 11) is 0. The van der Waals surface area contributed by atoms with Crippen LogP contribution in [-0.4, -0.2) is 21.2 Å². The lowest BCUT2D eigenvalue weighted by Crippen LogP contribution is -2.44. The molecule has 1 rings (SSSR count). The average Bonchev–Trinajstić information content (AvgIpc) is 2.49. The highest BCUT2D eigenvalue weighted by Crippen LogP contribution is 2.10. The molecular formula is C11H20N4O. The number of amides is 1. The molecule has 3 N–H and O–H groups in total. The van der Waals surface area contributed by atoms with Crippen LogP contribution in [0, 0.1) is 0 Å². The molecule has 0 bridgehead atoms. The lowest BCUT2D eigenvalue weighted by atomic mass is 9.99. The van der Waals surface area contributed by atoms with Crippen LogP contribution in [0.15, 0.2) is 12.4 Å². The molecule has 0 unspecified atom stereocenters. The maximum atomic E-state index is 11.7. The highest BCUT2D eigenvalue weighted by atomic mass is 16.2. The summed E-state index contributed by atoms with van der Waals surface area (Å²) in [6, 6.07) is 0. The number of nitrogens with zero attached hydrogens (tertiary/aromatic N) is 2. The largest absolute Gasteiger partial charge is 0.396 e. The Hall–Kier alpha value is -1.52. The predicted molar refractivity (Wildman–Crippen MR) is 63.8 cm³/mol. The van der Waals surface area contributed by atoms with Crippen LogP contribution >= 0.6 is 0 Å². The van der Waals surface area contributed by atoms with Crippen LogP contribution in [0.3, 0.4) is 0 Å². The van der Waals surface area contributed by atoms with Gasteiger partial charge in [0.05, 0.1) is 11.9 Å². The molecule has 0 atom stereocenters. The van der Waals surface area contributed by atoms with Crippen molar-refractivity contribution in [2.75, 3.05) is 5.73 Å². The first-order chi connectivity index (χ1) is 7.43. The maximum absolute atomic E-state index is 11.7. The number of anilines is 1. The second-order valence-electron chi connectivity index (χ2n) is 4.65. The third-order valence-corrected chi connectivity index (χ3v) is 2.31. The summed E-state index contributed by atoms with van der Waals surface area (Å²) in [4.78, 5) is 11.7. The molecule has 0 aliphatic rings. The minimum Gasteiger partial charge on any atom is -0.396 e. The van der Waals surface area contributed by atoms with Crippen molar-refractivity contribution in [3.8, 4) is 0 Å². The Bertz CT molecular complexity index is 357. The summed E-state index contributed by atoms with van der Waals surface area (Å²) in [5.74, 6) is -0.0402. The van der Waals surface area contributed by atoms with Crippen molar-refractivity contribution in [1.29, 1.82) is 0 Å². The van der Waals surface area contributed by atoms with Crippen LogP contribution in [0.25, 0.3) is 0 Å². The summed E-state index contributed by atoms with van der Waals surface area (Å²) < 4.78 is 1.53. The molecule has 90 valence electrons. The second kappa shape index (κ2) is 5.01. The number of hydrogen-bond donors (Lipinski definition) is 2. The lowest BCUT2D eigenvalue weighted by molar-refractivity contribution is -0.123. The van der Waals surface area contributed by atoms with E-state index >= 15 is 0 Å². The first-order valence-electron chi connectivity index (χ1n) is 5.52. The van der Waals surface area contributed by atoms with Gasteiger partial charge in [-0.1, -0.05) is 13.3 Å². The number of carbonyl (C=O) groups excluding carboxylic acids is 1. The Kier molecular flexibility index (Phi) is 3.93. The maximum Gasteiger partial charge on any atom is 0.242 e. The molecule has 1 amide bonds. The van der Waals surface area contributed by atoms with Gasteiger partial charge < -0.3 is 11.1 Å². The van der Waals surface area contributed by atoms with Gasteiger partial charge in [0.1, 0.15) is 6.54 Å². The Balaban J connectivity index is 2.47. The van der Waals surface area contributed by atoms with Crippen molar-refractivity contribution >= 4 is 11.6 Å². The second-order valence-corrected chi connectivity index (χ2v) is 4.65. The molecule has 0 aliphatic heterocycles. The first kappa shape index (κ1) is 12.5. The molecule has 16 heavy (non-hydrogen) atoms. The van der Waals surface area contributed by atoms with Crippen LogP contribution < -0.4 is 11.1 Å². The number of hydrogen-bond acceptors (Lipinski definition) is 3. The smallest absolute Gasteiger partial charge is 0.242 e. The van der Waals surface area contributed by atoms with E-state index in [9.17, 15) is 4.79 Å². The Morgan fingerprint density at radius 1 is 1.62 bits per heavy atom. The normalized spacial score (nSPS) is 11.4. The molecule has 0 spiro atoms. The molecule has 0 fully saturated rings. The molecular weight excluding hydrogens is 204 g/mol. The fraction of sp³-hybridized carbons (Fsp3) is 0.636. The van der Waals surface area contributed by atoms with Crippen molar-refractivity contribution < 1.29 is 4.79 Å². The van der Waals surface area contributed by atoms with Gasteiger partial charge >= 0.3 is 0 Å². The molecule has 1 aromatic heterocycles. The number of carbonyl (C=O) groups is 1. The summed E-state index contributed by atoms with van der Waals surface area (Å²) in [5, 5.41) is 6.94. The van der Waals surface area contributed by atoms with Crippen LogP contribution in [0.1, 0.15) is 33.6 Å². The van der Waals surface area contributed by atoms with Gasteiger partial charge in [-0.3, -0.25) is 9.48 Å². The number of rotatable bonds is 5. The Morgan fingerprint density at radius 2 is 2.31 bits per heavy atom. The van der Waals surface area contributed by atoms with Gasteiger partial charge in [0, 0.05) is 11.7 Å². The fourth-order valence-electron chi connectivity index (χ4n) is 1.72. The van der Waals surface area contributed by atoms with Crippen LogP contribution in [0.4, 0.5) is 5.69 Å². The van der Waals surface area contributed by atoms with E-state index in [2.05, 4.69) is 17.3 Å². The third-order valence-electron chi connectivity index (χ3n) is 2.31. The number of nitrogens with one attached hydrogen (secondary N) is 1. The minimum absolute atomic E-state index is 0.0402. The van der Waals surface area contributed by atoms with Gasteiger partial charge in [-0.2, -0.15) is 5.10 Å². The van der Waals surface area contributed by atoms with Crippen molar-refractivity contribution in [2.45, 2.75) is 45.7 Å². The molecule has 5 heteroatoms. The number of aromatic nitrogens is 2. The van der Waals surface area contributed by atoms with E-state index in [0.29, 0.717) is 5.69 Å². The van der Waals surface area contributed by atoms with E-state index < -0.39 is 0 Å². The van der Waals surface area contributed by atoms with E-state index in [1.54, 1.807) is 6.20 Å². The number of nitrogen functional groups attached to an aromatic ring is 1. The highest BCUT2D eigenvalue weighted by molar-refractivity contribution is 5.76. The fourth-order valence-corrected chi connectivity index (χ4v) is 1.72. The van der Waals surface area contributed by atoms with Crippen molar-refractivity contribution in [3.05, 3.63) is 12.4 Å². The standard InChI is InChI=1S/C11H20N4O/c1-4-5-11(2,3)14-10(16)8-15-7-9(12)6-13-15/h6-7H,4-5,8,12H2,1-3H3,(H,14,16). The molecule has 0 radical (unpaired) electrons. The third kappa shape index (κ3) is 3.92. The predicted octanol–water partition coefficient (Wildman–Crippen LogP) is 1.16. The van der Waals surface area contributed by atoms with Crippen LogP contribution in [0.2, 0.25) is 0 Å². The zero-order valence-corrected chi connectivity index (χ0v) is 10.2. The van der Waals surface area contributed by atoms with Crippen LogP contribution in [-0.2, 0) is 11.3 Å². The van der Waals surface area contributed by atoms with E-state index in [0.717, 1.165) is 12.8 Å². The average molecular weight is 224 g/mol. The summed E-state index contributed by atoms with van der Waals surface area (Å²) in [5.41, 5.74) is 5.92. The SMILES string of the molecule is CCCC(C)(C)NC(=O)Cn1cc(N)cn1. The van der Waals surface area contributed by atoms with E-state index in [4.69, 9.17) is 5.73 Å². The summed E-state index contributed by atoms with van der Waals surface area (Å²) in [6.07, 6.45) is 5.18. The molecule has 1 heterocycles. The van der Waals surface area contributed by atoms with Gasteiger partial charge in [0.2, 0.25) is 5.91 Å². The Labute approximate surface area is 96.0 Å². The molecule has 0 saturated heterocycles. The zero-order chi connectivity index (χ0) is 12.2. The number of nitrogens with two attached hydrogens (primary N) is 1. The van der Waals surface area contributed by atoms with Gasteiger partial charge in [-0.25, -0.2) is 0 Å².